The van der Waals surface area contributed by atoms with Crippen LogP contribution >= 0.6 is 0 Å². The van der Waals surface area contributed by atoms with Crippen molar-refractivity contribution in [3.63, 3.8) is 0 Å². The number of pyridine rings is 1. The van der Waals surface area contributed by atoms with Gasteiger partial charge in [0.15, 0.2) is 0 Å². The van der Waals surface area contributed by atoms with Gasteiger partial charge in [-0.05, 0) is 28.7 Å². The maximum absolute atomic E-state index is 4.86. The number of rotatable bonds is 1. The van der Waals surface area contributed by atoms with Gasteiger partial charge in [0.05, 0.1) is 11.0 Å². The summed E-state index contributed by atoms with van der Waals surface area (Å²) in [5.41, 5.74) is 6.15. The zero-order valence-electron chi connectivity index (χ0n) is 14.4. The van der Waals surface area contributed by atoms with Gasteiger partial charge < -0.3 is 0 Å². The number of hydrogen-bond donors (Lipinski definition) is 0. The highest BCUT2D eigenvalue weighted by molar-refractivity contribution is 6.10. The van der Waals surface area contributed by atoms with Gasteiger partial charge in [-0.1, -0.05) is 81.4 Å². The van der Waals surface area contributed by atoms with Crippen molar-refractivity contribution in [3.8, 4) is 11.1 Å². The van der Waals surface area contributed by atoms with Crippen LogP contribution in [0.25, 0.3) is 32.9 Å². The van der Waals surface area contributed by atoms with Gasteiger partial charge in [-0.15, -0.1) is 0 Å². The van der Waals surface area contributed by atoms with E-state index in [0.29, 0.717) is 0 Å². The second-order valence-corrected chi connectivity index (χ2v) is 7.32. The third-order valence-electron chi connectivity index (χ3n) is 4.59. The highest BCUT2D eigenvalue weighted by Gasteiger charge is 2.21. The van der Waals surface area contributed by atoms with Gasteiger partial charge in [-0.2, -0.15) is 0 Å². The zero-order chi connectivity index (χ0) is 16.7. The topological polar surface area (TPSA) is 12.9 Å². The molecule has 0 aliphatic rings. The second-order valence-electron chi connectivity index (χ2n) is 7.32. The molecular formula is C23H21N. The lowest BCUT2D eigenvalue weighted by Gasteiger charge is -2.24. The largest absolute Gasteiger partial charge is 0.248 e. The molecule has 0 unspecified atom stereocenters. The lowest BCUT2D eigenvalue weighted by Crippen LogP contribution is -2.12. The van der Waals surface area contributed by atoms with Crippen LogP contribution in [0.5, 0.6) is 0 Å². The zero-order valence-corrected chi connectivity index (χ0v) is 14.4. The quantitative estimate of drug-likeness (QED) is 0.373. The molecule has 0 aliphatic heterocycles. The third-order valence-corrected chi connectivity index (χ3v) is 4.59. The average molecular weight is 311 g/mol. The Hall–Kier alpha value is -2.67. The first kappa shape index (κ1) is 14.9. The fourth-order valence-electron chi connectivity index (χ4n) is 3.49. The van der Waals surface area contributed by atoms with Crippen molar-refractivity contribution in [2.75, 3.05) is 0 Å². The molecule has 1 heteroatoms. The summed E-state index contributed by atoms with van der Waals surface area (Å²) in [4.78, 5) is 4.86. The summed E-state index contributed by atoms with van der Waals surface area (Å²) in [5.74, 6) is 0. The molecule has 0 atom stereocenters. The standard InChI is InChI=1S/C23H21N/c1-23(2,3)19-13-7-4-10-16(19)22-17-11-5-8-14-20(17)24-21-15-9-6-12-18(21)22/h4-15H,1-3H3. The van der Waals surface area contributed by atoms with Gasteiger partial charge >= 0.3 is 0 Å². The number of benzene rings is 3. The smallest absolute Gasteiger partial charge is 0.0715 e. The summed E-state index contributed by atoms with van der Waals surface area (Å²) < 4.78 is 0. The van der Waals surface area contributed by atoms with E-state index < -0.39 is 0 Å². The van der Waals surface area contributed by atoms with Crippen LogP contribution in [0.15, 0.2) is 72.8 Å². The van der Waals surface area contributed by atoms with Crippen molar-refractivity contribution in [2.45, 2.75) is 26.2 Å². The maximum Gasteiger partial charge on any atom is 0.0715 e. The van der Waals surface area contributed by atoms with Crippen molar-refractivity contribution in [1.82, 2.24) is 4.98 Å². The number of para-hydroxylation sites is 2. The van der Waals surface area contributed by atoms with Gasteiger partial charge in [-0.25, -0.2) is 4.98 Å². The van der Waals surface area contributed by atoms with Crippen LogP contribution in [0.1, 0.15) is 26.3 Å². The van der Waals surface area contributed by atoms with Crippen molar-refractivity contribution in [2.24, 2.45) is 0 Å². The fourth-order valence-corrected chi connectivity index (χ4v) is 3.49. The van der Waals surface area contributed by atoms with E-state index in [2.05, 4.69) is 93.6 Å². The minimum absolute atomic E-state index is 0.0854. The molecule has 3 aromatic carbocycles. The van der Waals surface area contributed by atoms with Crippen LogP contribution in [-0.2, 0) is 5.41 Å². The Bertz CT molecular complexity index is 984. The highest BCUT2D eigenvalue weighted by atomic mass is 14.7. The normalized spacial score (nSPS) is 12.0. The molecule has 24 heavy (non-hydrogen) atoms. The Morgan fingerprint density at radius 3 is 1.71 bits per heavy atom. The van der Waals surface area contributed by atoms with Gasteiger partial charge in [0.1, 0.15) is 0 Å². The van der Waals surface area contributed by atoms with E-state index in [9.17, 15) is 0 Å². The number of nitrogens with zero attached hydrogens (tertiary/aromatic N) is 1. The molecule has 4 aromatic rings. The van der Waals surface area contributed by atoms with E-state index in [0.717, 1.165) is 11.0 Å². The first-order valence-electron chi connectivity index (χ1n) is 8.43. The van der Waals surface area contributed by atoms with Crippen LogP contribution in [0, 0.1) is 0 Å². The molecule has 1 heterocycles. The van der Waals surface area contributed by atoms with Crippen LogP contribution in [0.3, 0.4) is 0 Å². The van der Waals surface area contributed by atoms with E-state index in [1.54, 1.807) is 0 Å². The summed E-state index contributed by atoms with van der Waals surface area (Å²) in [6, 6.07) is 25.7. The maximum atomic E-state index is 4.86. The Labute approximate surface area is 143 Å². The predicted octanol–water partition coefficient (Wildman–Crippen LogP) is 6.35. The molecule has 0 amide bonds. The Morgan fingerprint density at radius 1 is 0.625 bits per heavy atom. The van der Waals surface area contributed by atoms with Crippen LogP contribution in [0.2, 0.25) is 0 Å². The van der Waals surface area contributed by atoms with E-state index in [-0.39, 0.29) is 5.41 Å². The Balaban J connectivity index is 2.21. The molecule has 0 saturated heterocycles. The van der Waals surface area contributed by atoms with Crippen molar-refractivity contribution < 1.29 is 0 Å². The lowest BCUT2D eigenvalue weighted by atomic mass is 9.80. The first-order valence-corrected chi connectivity index (χ1v) is 8.43. The third kappa shape index (κ3) is 2.37. The molecule has 0 aliphatic carbocycles. The molecular weight excluding hydrogens is 290 g/mol. The van der Waals surface area contributed by atoms with E-state index in [1.807, 2.05) is 0 Å². The van der Waals surface area contributed by atoms with Gasteiger partial charge in [0.2, 0.25) is 0 Å². The van der Waals surface area contributed by atoms with Gasteiger partial charge in [0, 0.05) is 16.3 Å². The van der Waals surface area contributed by atoms with Crippen molar-refractivity contribution >= 4 is 21.8 Å². The molecule has 118 valence electrons. The molecule has 0 radical (unpaired) electrons. The monoisotopic (exact) mass is 311 g/mol. The minimum atomic E-state index is 0.0854. The number of hydrogen-bond acceptors (Lipinski definition) is 1. The fraction of sp³-hybridized carbons (Fsp3) is 0.174. The van der Waals surface area contributed by atoms with Crippen LogP contribution in [-0.4, -0.2) is 4.98 Å². The minimum Gasteiger partial charge on any atom is -0.248 e. The summed E-state index contributed by atoms with van der Waals surface area (Å²) >= 11 is 0. The molecule has 0 spiro atoms. The highest BCUT2D eigenvalue weighted by Crippen LogP contribution is 2.39. The molecule has 0 N–H and O–H groups in total. The van der Waals surface area contributed by atoms with Crippen LogP contribution in [0.4, 0.5) is 0 Å². The first-order chi connectivity index (χ1) is 11.6. The Morgan fingerprint density at radius 2 is 1.12 bits per heavy atom. The van der Waals surface area contributed by atoms with Gasteiger partial charge in [0.25, 0.3) is 0 Å². The summed E-state index contributed by atoms with van der Waals surface area (Å²) in [5, 5.41) is 2.43. The van der Waals surface area contributed by atoms with Crippen molar-refractivity contribution in [3.05, 3.63) is 78.4 Å². The molecule has 1 nitrogen and oxygen atoms in total. The summed E-state index contributed by atoms with van der Waals surface area (Å²) in [6.45, 7) is 6.83. The SMILES string of the molecule is CC(C)(C)c1ccccc1-c1c2ccccc2nc2ccccc12. The lowest BCUT2D eigenvalue weighted by molar-refractivity contribution is 0.592. The second kappa shape index (κ2) is 5.45. The summed E-state index contributed by atoms with van der Waals surface area (Å²) in [7, 11) is 0. The molecule has 1 aromatic heterocycles. The molecule has 0 saturated carbocycles. The Kier molecular flexibility index (Phi) is 3.38. The van der Waals surface area contributed by atoms with Crippen molar-refractivity contribution in [1.29, 1.82) is 0 Å². The molecule has 0 bridgehead atoms. The molecule has 0 fully saturated rings. The average Bonchev–Trinajstić information content (AvgIpc) is 2.59. The number of fused-ring (bicyclic) bond motifs is 2. The van der Waals surface area contributed by atoms with E-state index >= 15 is 0 Å². The molecule has 4 rings (SSSR count). The van der Waals surface area contributed by atoms with Gasteiger partial charge in [-0.3, -0.25) is 0 Å². The predicted molar refractivity (Wildman–Crippen MR) is 103 cm³/mol. The van der Waals surface area contributed by atoms with E-state index in [1.165, 1.54) is 27.5 Å². The van der Waals surface area contributed by atoms with Crippen LogP contribution < -0.4 is 0 Å². The number of aromatic nitrogens is 1. The summed E-state index contributed by atoms with van der Waals surface area (Å²) in [6.07, 6.45) is 0. The van der Waals surface area contributed by atoms with E-state index in [4.69, 9.17) is 4.98 Å².